The number of pyridine rings is 1. The summed E-state index contributed by atoms with van der Waals surface area (Å²) in [6.07, 6.45) is 5.57. The van der Waals surface area contributed by atoms with Gasteiger partial charge in [-0.3, -0.25) is 9.78 Å². The average molecular weight is 357 g/mol. The highest BCUT2D eigenvalue weighted by molar-refractivity contribution is 5.95. The number of carbonyl (C=O) groups is 1. The summed E-state index contributed by atoms with van der Waals surface area (Å²) in [6.45, 7) is 1.95. The number of H-pyrrole nitrogens is 1. The average Bonchev–Trinajstić information content (AvgIpc) is 3.08. The van der Waals surface area contributed by atoms with Gasteiger partial charge in [-0.2, -0.15) is 0 Å². The third kappa shape index (κ3) is 3.82. The van der Waals surface area contributed by atoms with Crippen LogP contribution in [0, 0.1) is 6.92 Å². The summed E-state index contributed by atoms with van der Waals surface area (Å²) < 4.78 is 5.82. The number of amides is 1. The Bertz CT molecular complexity index is 1090. The molecule has 5 nitrogen and oxygen atoms in total. The summed E-state index contributed by atoms with van der Waals surface area (Å²) >= 11 is 0. The molecular formula is C22H19N3O2. The lowest BCUT2D eigenvalue weighted by Gasteiger charge is -2.11. The van der Waals surface area contributed by atoms with Crippen LogP contribution in [0.2, 0.25) is 0 Å². The summed E-state index contributed by atoms with van der Waals surface area (Å²) in [5.74, 6) is 1.36. The van der Waals surface area contributed by atoms with Crippen molar-refractivity contribution in [2.45, 2.75) is 13.3 Å². The second-order valence-electron chi connectivity index (χ2n) is 6.36. The normalized spacial score (nSPS) is 10.7. The number of nitrogens with zero attached hydrogens (tertiary/aromatic N) is 1. The molecule has 2 aromatic carbocycles. The van der Waals surface area contributed by atoms with Gasteiger partial charge in [-0.25, -0.2) is 0 Å². The standard InChI is InChI=1S/C22H19N3O2/c1-15-11-17(8-9-21(15)27-18-5-4-10-23-14-18)25-22(26)12-16-13-24-20-7-3-2-6-19(16)20/h2-11,13-14,24H,12H2,1H3,(H,25,26). The number of hydrogen-bond acceptors (Lipinski definition) is 3. The van der Waals surface area contributed by atoms with E-state index in [2.05, 4.69) is 15.3 Å². The topological polar surface area (TPSA) is 67.0 Å². The van der Waals surface area contributed by atoms with Gasteiger partial charge in [0.15, 0.2) is 0 Å². The molecule has 1 amide bonds. The van der Waals surface area contributed by atoms with Gasteiger partial charge in [0.1, 0.15) is 11.5 Å². The van der Waals surface area contributed by atoms with Crippen LogP contribution in [0.1, 0.15) is 11.1 Å². The second kappa shape index (κ2) is 7.33. The molecule has 5 heteroatoms. The lowest BCUT2D eigenvalue weighted by atomic mass is 10.1. The van der Waals surface area contributed by atoms with Gasteiger partial charge in [-0.05, 0) is 54.4 Å². The maximum Gasteiger partial charge on any atom is 0.228 e. The van der Waals surface area contributed by atoms with Crippen LogP contribution in [0.25, 0.3) is 10.9 Å². The number of benzene rings is 2. The smallest absolute Gasteiger partial charge is 0.228 e. The number of carbonyl (C=O) groups excluding carboxylic acids is 1. The Balaban J connectivity index is 1.44. The highest BCUT2D eigenvalue weighted by Gasteiger charge is 2.10. The van der Waals surface area contributed by atoms with Gasteiger partial charge in [0.05, 0.1) is 12.6 Å². The summed E-state index contributed by atoms with van der Waals surface area (Å²) in [7, 11) is 0. The molecule has 0 saturated carbocycles. The molecular weight excluding hydrogens is 338 g/mol. The van der Waals surface area contributed by atoms with E-state index >= 15 is 0 Å². The molecule has 2 N–H and O–H groups in total. The first-order valence-corrected chi connectivity index (χ1v) is 8.72. The molecule has 0 spiro atoms. The number of anilines is 1. The Morgan fingerprint density at radius 3 is 2.85 bits per heavy atom. The maximum absolute atomic E-state index is 12.4. The first-order chi connectivity index (χ1) is 13.2. The van der Waals surface area contributed by atoms with Crippen molar-refractivity contribution < 1.29 is 9.53 Å². The van der Waals surface area contributed by atoms with E-state index in [1.165, 1.54) is 0 Å². The quantitative estimate of drug-likeness (QED) is 0.537. The number of aryl methyl sites for hydroxylation is 1. The Morgan fingerprint density at radius 1 is 1.15 bits per heavy atom. The molecule has 0 fully saturated rings. The Kier molecular flexibility index (Phi) is 4.58. The van der Waals surface area contributed by atoms with Gasteiger partial charge in [0, 0.05) is 29.0 Å². The van der Waals surface area contributed by atoms with Crippen molar-refractivity contribution >= 4 is 22.5 Å². The van der Waals surface area contributed by atoms with E-state index < -0.39 is 0 Å². The largest absolute Gasteiger partial charge is 0.455 e. The van der Waals surface area contributed by atoms with Crippen LogP contribution in [0.5, 0.6) is 11.5 Å². The van der Waals surface area contributed by atoms with Crippen LogP contribution in [0.4, 0.5) is 5.69 Å². The van der Waals surface area contributed by atoms with E-state index in [1.807, 2.05) is 67.7 Å². The van der Waals surface area contributed by atoms with Crippen LogP contribution in [0.3, 0.4) is 0 Å². The van der Waals surface area contributed by atoms with E-state index in [-0.39, 0.29) is 5.91 Å². The van der Waals surface area contributed by atoms with Crippen molar-refractivity contribution in [1.82, 2.24) is 9.97 Å². The van der Waals surface area contributed by atoms with Crippen molar-refractivity contribution in [3.8, 4) is 11.5 Å². The second-order valence-corrected chi connectivity index (χ2v) is 6.36. The van der Waals surface area contributed by atoms with E-state index in [9.17, 15) is 4.79 Å². The van der Waals surface area contributed by atoms with E-state index in [1.54, 1.807) is 12.4 Å². The predicted molar refractivity (Wildman–Crippen MR) is 106 cm³/mol. The molecule has 0 aliphatic carbocycles. The minimum atomic E-state index is -0.0555. The highest BCUT2D eigenvalue weighted by atomic mass is 16.5. The minimum absolute atomic E-state index is 0.0555. The molecule has 134 valence electrons. The molecule has 4 rings (SSSR count). The zero-order valence-electron chi connectivity index (χ0n) is 14.9. The number of nitrogens with one attached hydrogen (secondary N) is 2. The van der Waals surface area contributed by atoms with E-state index in [0.717, 1.165) is 33.5 Å². The molecule has 0 saturated heterocycles. The first kappa shape index (κ1) is 16.8. The van der Waals surface area contributed by atoms with Crippen molar-refractivity contribution in [1.29, 1.82) is 0 Å². The monoisotopic (exact) mass is 357 g/mol. The van der Waals surface area contributed by atoms with E-state index in [4.69, 9.17) is 4.74 Å². The molecule has 0 bridgehead atoms. The summed E-state index contributed by atoms with van der Waals surface area (Å²) in [5.41, 5.74) is 3.70. The molecule has 0 atom stereocenters. The zero-order chi connectivity index (χ0) is 18.6. The van der Waals surface area contributed by atoms with Gasteiger partial charge in [0.2, 0.25) is 5.91 Å². The summed E-state index contributed by atoms with van der Waals surface area (Å²) in [5, 5.41) is 4.03. The molecule has 27 heavy (non-hydrogen) atoms. The fourth-order valence-electron chi connectivity index (χ4n) is 3.03. The molecule has 0 aliphatic rings. The molecule has 2 heterocycles. The summed E-state index contributed by atoms with van der Waals surface area (Å²) in [4.78, 5) is 19.7. The van der Waals surface area contributed by atoms with Crippen LogP contribution in [0.15, 0.2) is 73.2 Å². The number of ether oxygens (including phenoxy) is 1. The number of rotatable bonds is 5. The fourth-order valence-corrected chi connectivity index (χ4v) is 3.03. The summed E-state index contributed by atoms with van der Waals surface area (Å²) in [6, 6.07) is 17.2. The third-order valence-electron chi connectivity index (χ3n) is 4.35. The van der Waals surface area contributed by atoms with Crippen LogP contribution in [-0.2, 0) is 11.2 Å². The van der Waals surface area contributed by atoms with Crippen LogP contribution >= 0.6 is 0 Å². The van der Waals surface area contributed by atoms with E-state index in [0.29, 0.717) is 12.2 Å². The van der Waals surface area contributed by atoms with Crippen molar-refractivity contribution in [2.24, 2.45) is 0 Å². The molecule has 0 aliphatic heterocycles. The van der Waals surface area contributed by atoms with Gasteiger partial charge < -0.3 is 15.0 Å². The molecule has 2 aromatic heterocycles. The lowest BCUT2D eigenvalue weighted by molar-refractivity contribution is -0.115. The van der Waals surface area contributed by atoms with Crippen molar-refractivity contribution in [2.75, 3.05) is 5.32 Å². The first-order valence-electron chi connectivity index (χ1n) is 8.72. The maximum atomic E-state index is 12.4. The SMILES string of the molecule is Cc1cc(NC(=O)Cc2c[nH]c3ccccc23)ccc1Oc1cccnc1. The molecule has 0 unspecified atom stereocenters. The van der Waals surface area contributed by atoms with Gasteiger partial charge >= 0.3 is 0 Å². The molecule has 4 aromatic rings. The van der Waals surface area contributed by atoms with Gasteiger partial charge in [-0.15, -0.1) is 0 Å². The number of aromatic nitrogens is 2. The number of hydrogen-bond donors (Lipinski definition) is 2. The third-order valence-corrected chi connectivity index (χ3v) is 4.35. The van der Waals surface area contributed by atoms with Crippen molar-refractivity contribution in [3.63, 3.8) is 0 Å². The Hall–Kier alpha value is -3.60. The lowest BCUT2D eigenvalue weighted by Crippen LogP contribution is -2.14. The molecule has 0 radical (unpaired) electrons. The van der Waals surface area contributed by atoms with Crippen molar-refractivity contribution in [3.05, 3.63) is 84.3 Å². The van der Waals surface area contributed by atoms with Crippen LogP contribution in [-0.4, -0.2) is 15.9 Å². The van der Waals surface area contributed by atoms with Gasteiger partial charge in [0.25, 0.3) is 0 Å². The minimum Gasteiger partial charge on any atom is -0.455 e. The highest BCUT2D eigenvalue weighted by Crippen LogP contribution is 2.27. The number of fused-ring (bicyclic) bond motifs is 1. The number of para-hydroxylation sites is 1. The van der Waals surface area contributed by atoms with Crippen LogP contribution < -0.4 is 10.1 Å². The fraction of sp³-hybridized carbons (Fsp3) is 0.0909. The predicted octanol–water partition coefficient (Wildman–Crippen LogP) is 4.84. The van der Waals surface area contributed by atoms with Gasteiger partial charge in [-0.1, -0.05) is 18.2 Å². The Morgan fingerprint density at radius 2 is 2.04 bits per heavy atom. The number of aromatic amines is 1. The zero-order valence-corrected chi connectivity index (χ0v) is 14.9. The Labute approximate surface area is 157 Å².